The molecule has 0 saturated carbocycles. The third-order valence-corrected chi connectivity index (χ3v) is 3.13. The van der Waals surface area contributed by atoms with Crippen LogP contribution in [0.4, 0.5) is 5.69 Å². The predicted molar refractivity (Wildman–Crippen MR) is 72.4 cm³/mol. The summed E-state index contributed by atoms with van der Waals surface area (Å²) in [7, 11) is 0. The summed E-state index contributed by atoms with van der Waals surface area (Å²) in [5, 5.41) is 2.28. The molecule has 2 amide bonds. The maximum atomic E-state index is 11.6. The van der Waals surface area contributed by atoms with Gasteiger partial charge in [-0.1, -0.05) is 0 Å². The van der Waals surface area contributed by atoms with E-state index in [2.05, 4.69) is 5.32 Å². The first-order chi connectivity index (χ1) is 9.52. The van der Waals surface area contributed by atoms with Gasteiger partial charge in [0.25, 0.3) is 0 Å². The van der Waals surface area contributed by atoms with E-state index in [1.165, 1.54) is 0 Å². The molecule has 0 aliphatic carbocycles. The Bertz CT molecular complexity index is 539. The fourth-order valence-corrected chi connectivity index (χ4v) is 2.03. The molecule has 1 N–H and O–H groups in total. The molecule has 6 heteroatoms. The average Bonchev–Trinajstić information content (AvgIpc) is 2.43. The second kappa shape index (κ2) is 5.73. The highest BCUT2D eigenvalue weighted by atomic mass is 16.5. The molecule has 106 valence electrons. The average molecular weight is 276 g/mol. The second-order valence-corrected chi connectivity index (χ2v) is 4.48. The number of esters is 1. The fourth-order valence-electron chi connectivity index (χ4n) is 2.03. The topological polar surface area (TPSA) is 75.7 Å². The number of anilines is 1. The van der Waals surface area contributed by atoms with Crippen LogP contribution in [0, 0.1) is 0 Å². The molecule has 0 aromatic heterocycles. The maximum absolute atomic E-state index is 11.6. The van der Waals surface area contributed by atoms with Crippen molar-refractivity contribution < 1.29 is 19.1 Å². The van der Waals surface area contributed by atoms with E-state index in [9.17, 15) is 14.4 Å². The maximum Gasteiger partial charge on any atom is 0.338 e. The molecular formula is C14H16N2O4. The number of ether oxygens (including phenoxy) is 1. The summed E-state index contributed by atoms with van der Waals surface area (Å²) in [6.45, 7) is 3.90. The van der Waals surface area contributed by atoms with Crippen molar-refractivity contribution in [3.05, 3.63) is 29.8 Å². The van der Waals surface area contributed by atoms with Crippen LogP contribution in [-0.4, -0.2) is 37.0 Å². The Kier molecular flexibility index (Phi) is 4.02. The number of carbonyl (C=O) groups is 3. The van der Waals surface area contributed by atoms with Crippen LogP contribution < -0.4 is 10.2 Å². The third-order valence-electron chi connectivity index (χ3n) is 3.13. The van der Waals surface area contributed by atoms with Gasteiger partial charge in [-0.15, -0.1) is 0 Å². The van der Waals surface area contributed by atoms with Crippen molar-refractivity contribution in [1.29, 1.82) is 0 Å². The van der Waals surface area contributed by atoms with E-state index < -0.39 is 6.04 Å². The Labute approximate surface area is 116 Å². The Morgan fingerprint density at radius 2 is 2.00 bits per heavy atom. The first-order valence-corrected chi connectivity index (χ1v) is 6.40. The van der Waals surface area contributed by atoms with Crippen LogP contribution in [-0.2, 0) is 14.3 Å². The number of amides is 2. The molecule has 1 aliphatic rings. The Morgan fingerprint density at radius 3 is 2.60 bits per heavy atom. The largest absolute Gasteiger partial charge is 0.462 e. The summed E-state index contributed by atoms with van der Waals surface area (Å²) in [4.78, 5) is 36.3. The van der Waals surface area contributed by atoms with Crippen molar-refractivity contribution in [2.45, 2.75) is 19.9 Å². The van der Waals surface area contributed by atoms with Gasteiger partial charge in [-0.05, 0) is 38.1 Å². The lowest BCUT2D eigenvalue weighted by molar-refractivity contribution is -0.132. The van der Waals surface area contributed by atoms with Crippen molar-refractivity contribution in [2.24, 2.45) is 0 Å². The summed E-state index contributed by atoms with van der Waals surface area (Å²) in [6, 6.07) is 6.22. The fraction of sp³-hybridized carbons (Fsp3) is 0.357. The van der Waals surface area contributed by atoms with Crippen molar-refractivity contribution in [3.8, 4) is 0 Å². The van der Waals surface area contributed by atoms with Crippen LogP contribution in [0.5, 0.6) is 0 Å². The standard InChI is InChI=1S/C14H16N2O4/c1-3-20-14(19)10-4-6-11(7-5-10)16-8-12(17)15-13(18)9(16)2/h4-7,9H,3,8H2,1-2H3,(H,15,17,18). The lowest BCUT2D eigenvalue weighted by atomic mass is 10.1. The lowest BCUT2D eigenvalue weighted by Gasteiger charge is -2.33. The number of carbonyl (C=O) groups excluding carboxylic acids is 3. The van der Waals surface area contributed by atoms with Gasteiger partial charge in [0.1, 0.15) is 6.04 Å². The van der Waals surface area contributed by atoms with Crippen molar-refractivity contribution in [3.63, 3.8) is 0 Å². The molecule has 20 heavy (non-hydrogen) atoms. The van der Waals surface area contributed by atoms with Crippen molar-refractivity contribution in [1.82, 2.24) is 5.32 Å². The molecule has 2 rings (SSSR count). The summed E-state index contributed by atoms with van der Waals surface area (Å²) in [5.74, 6) is -1.04. The molecule has 0 bridgehead atoms. The molecule has 1 unspecified atom stereocenters. The van der Waals surface area contributed by atoms with E-state index in [0.29, 0.717) is 17.9 Å². The molecule has 0 radical (unpaired) electrons. The van der Waals surface area contributed by atoms with Gasteiger partial charge in [0.2, 0.25) is 11.8 Å². The minimum Gasteiger partial charge on any atom is -0.462 e. The van der Waals surface area contributed by atoms with Gasteiger partial charge in [0.05, 0.1) is 18.7 Å². The van der Waals surface area contributed by atoms with Crippen LogP contribution in [0.2, 0.25) is 0 Å². The Balaban J connectivity index is 2.19. The number of nitrogens with zero attached hydrogens (tertiary/aromatic N) is 1. The minimum atomic E-state index is -0.429. The van der Waals surface area contributed by atoms with Crippen molar-refractivity contribution >= 4 is 23.5 Å². The number of hydrogen-bond donors (Lipinski definition) is 1. The van der Waals surface area contributed by atoms with Crippen LogP contribution in [0.15, 0.2) is 24.3 Å². The van der Waals surface area contributed by atoms with E-state index in [0.717, 1.165) is 0 Å². The molecule has 1 heterocycles. The van der Waals surface area contributed by atoms with Crippen molar-refractivity contribution in [2.75, 3.05) is 18.1 Å². The van der Waals surface area contributed by atoms with E-state index in [1.54, 1.807) is 43.0 Å². The molecule has 1 aromatic carbocycles. The number of nitrogens with one attached hydrogen (secondary N) is 1. The summed E-state index contributed by atoms with van der Waals surface area (Å²) in [5.41, 5.74) is 1.16. The first kappa shape index (κ1) is 14.0. The minimum absolute atomic E-state index is 0.117. The van der Waals surface area contributed by atoms with Gasteiger partial charge in [-0.25, -0.2) is 4.79 Å². The zero-order valence-electron chi connectivity index (χ0n) is 11.4. The van der Waals surface area contributed by atoms with Gasteiger partial charge < -0.3 is 9.64 Å². The van der Waals surface area contributed by atoms with Gasteiger partial charge in [0.15, 0.2) is 0 Å². The summed E-state index contributed by atoms with van der Waals surface area (Å²) >= 11 is 0. The van der Waals surface area contributed by atoms with Gasteiger partial charge in [-0.2, -0.15) is 0 Å². The molecule has 1 aromatic rings. The number of hydrogen-bond acceptors (Lipinski definition) is 5. The normalized spacial score (nSPS) is 18.7. The first-order valence-electron chi connectivity index (χ1n) is 6.40. The number of benzene rings is 1. The van der Waals surface area contributed by atoms with Gasteiger partial charge >= 0.3 is 5.97 Å². The van der Waals surface area contributed by atoms with E-state index in [-0.39, 0.29) is 24.3 Å². The highest BCUT2D eigenvalue weighted by Gasteiger charge is 2.30. The Hall–Kier alpha value is -2.37. The van der Waals surface area contributed by atoms with Crippen LogP contribution in [0.25, 0.3) is 0 Å². The molecule has 1 aliphatic heterocycles. The van der Waals surface area contributed by atoms with Gasteiger partial charge in [-0.3, -0.25) is 14.9 Å². The monoisotopic (exact) mass is 276 g/mol. The highest BCUT2D eigenvalue weighted by Crippen LogP contribution is 2.20. The van der Waals surface area contributed by atoms with Crippen LogP contribution in [0.1, 0.15) is 24.2 Å². The van der Waals surface area contributed by atoms with E-state index in [4.69, 9.17) is 4.74 Å². The number of piperazine rings is 1. The smallest absolute Gasteiger partial charge is 0.338 e. The summed E-state index contributed by atoms with van der Waals surface area (Å²) < 4.78 is 4.90. The Morgan fingerprint density at radius 1 is 1.35 bits per heavy atom. The van der Waals surface area contributed by atoms with E-state index in [1.807, 2.05) is 0 Å². The molecule has 1 fully saturated rings. The summed E-state index contributed by atoms with van der Waals surface area (Å²) in [6.07, 6.45) is 0. The van der Waals surface area contributed by atoms with Crippen LogP contribution in [0.3, 0.4) is 0 Å². The second-order valence-electron chi connectivity index (χ2n) is 4.48. The predicted octanol–water partition coefficient (Wildman–Crippen LogP) is 0.715. The van der Waals surface area contributed by atoms with E-state index >= 15 is 0 Å². The molecule has 1 atom stereocenters. The number of rotatable bonds is 3. The molecule has 1 saturated heterocycles. The highest BCUT2D eigenvalue weighted by molar-refractivity contribution is 6.04. The quantitative estimate of drug-likeness (QED) is 0.650. The van der Waals surface area contributed by atoms with Crippen LogP contribution >= 0.6 is 0 Å². The lowest BCUT2D eigenvalue weighted by Crippen LogP contribution is -2.57. The molecular weight excluding hydrogens is 260 g/mol. The third kappa shape index (κ3) is 2.79. The number of imide groups is 1. The molecule has 0 spiro atoms. The van der Waals surface area contributed by atoms with Gasteiger partial charge in [0, 0.05) is 5.69 Å². The zero-order chi connectivity index (χ0) is 14.7. The zero-order valence-corrected chi connectivity index (χ0v) is 11.4. The SMILES string of the molecule is CCOC(=O)c1ccc(N2CC(=O)NC(=O)C2C)cc1. The molecule has 6 nitrogen and oxygen atoms in total.